The zero-order valence-corrected chi connectivity index (χ0v) is 23.0. The number of allylic oxidation sites excluding steroid dienone is 1. The van der Waals surface area contributed by atoms with Crippen molar-refractivity contribution < 1.29 is 14.3 Å². The van der Waals surface area contributed by atoms with Gasteiger partial charge in [0.05, 0.1) is 25.3 Å². The number of hydrogen-bond donors (Lipinski definition) is 1. The number of nitrogens with zero attached hydrogens (tertiary/aromatic N) is 5. The maximum Gasteiger partial charge on any atom is 0.248 e. The number of aryl methyl sites for hydroxylation is 1. The van der Waals surface area contributed by atoms with E-state index in [0.29, 0.717) is 38.4 Å². The van der Waals surface area contributed by atoms with Crippen molar-refractivity contribution >= 4 is 28.9 Å². The molecule has 0 atom stereocenters. The first-order valence-corrected chi connectivity index (χ1v) is 13.6. The molecule has 1 fully saturated rings. The Bertz CT molecular complexity index is 1410. The minimum Gasteiger partial charge on any atom is -0.378 e. The summed E-state index contributed by atoms with van der Waals surface area (Å²) >= 11 is 0. The van der Waals surface area contributed by atoms with Crippen molar-refractivity contribution in [1.29, 1.82) is 0 Å². The predicted molar refractivity (Wildman–Crippen MR) is 156 cm³/mol. The zero-order chi connectivity index (χ0) is 27.9. The van der Waals surface area contributed by atoms with Gasteiger partial charge in [0.1, 0.15) is 11.6 Å². The number of carbonyl (C=O) groups is 2. The van der Waals surface area contributed by atoms with E-state index in [9.17, 15) is 9.59 Å². The van der Waals surface area contributed by atoms with Gasteiger partial charge < -0.3 is 19.9 Å². The lowest BCUT2D eigenvalue weighted by Crippen LogP contribution is -2.37. The number of morpholine rings is 1. The van der Waals surface area contributed by atoms with Crippen molar-refractivity contribution in [1.82, 2.24) is 19.9 Å². The molecular weight excluding hydrogens is 504 g/mol. The Hall–Kier alpha value is -4.37. The molecule has 0 aliphatic carbocycles. The number of carbonyl (C=O) groups excluding carboxylic acids is 2. The maximum atomic E-state index is 13.1. The number of aromatic nitrogens is 3. The van der Waals surface area contributed by atoms with Crippen LogP contribution in [-0.2, 0) is 20.7 Å². The number of nitrogens with one attached hydrogen (secondary N) is 1. The van der Waals surface area contributed by atoms with Crippen LogP contribution in [0.1, 0.15) is 30.3 Å². The summed E-state index contributed by atoms with van der Waals surface area (Å²) in [6, 6.07) is 11.7. The Balaban J connectivity index is 1.29. The lowest BCUT2D eigenvalue weighted by molar-refractivity contribution is -0.130. The van der Waals surface area contributed by atoms with Gasteiger partial charge >= 0.3 is 0 Å². The molecule has 9 nitrogen and oxygen atoms in total. The Morgan fingerprint density at radius 1 is 1.02 bits per heavy atom. The van der Waals surface area contributed by atoms with Crippen LogP contribution in [0.15, 0.2) is 67.0 Å². The molecule has 2 aliphatic heterocycles. The van der Waals surface area contributed by atoms with Crippen molar-refractivity contribution in [3.8, 4) is 11.3 Å². The minimum absolute atomic E-state index is 0.0854. The van der Waals surface area contributed by atoms with Crippen molar-refractivity contribution in [3.63, 3.8) is 0 Å². The molecule has 4 heterocycles. The molecule has 1 aromatic carbocycles. The Labute approximate surface area is 234 Å². The second kappa shape index (κ2) is 12.7. The van der Waals surface area contributed by atoms with Gasteiger partial charge in [-0.2, -0.15) is 0 Å². The summed E-state index contributed by atoms with van der Waals surface area (Å²) < 4.78 is 5.55. The monoisotopic (exact) mass is 538 g/mol. The number of pyridine rings is 1. The summed E-state index contributed by atoms with van der Waals surface area (Å²) in [4.78, 5) is 42.6. The average Bonchev–Trinajstić information content (AvgIpc) is 2.99. The topological polar surface area (TPSA) is 101 Å². The molecule has 206 valence electrons. The molecule has 3 aromatic rings. The van der Waals surface area contributed by atoms with E-state index in [1.165, 1.54) is 11.6 Å². The van der Waals surface area contributed by atoms with Crippen LogP contribution in [0.2, 0.25) is 0 Å². The second-order valence-corrected chi connectivity index (χ2v) is 9.90. The Kier molecular flexibility index (Phi) is 8.61. The molecule has 0 radical (unpaired) electrons. The van der Waals surface area contributed by atoms with E-state index in [-0.39, 0.29) is 11.8 Å². The Morgan fingerprint density at radius 3 is 2.45 bits per heavy atom. The first-order valence-electron chi connectivity index (χ1n) is 13.6. The molecule has 0 spiro atoms. The molecule has 1 saturated heterocycles. The summed E-state index contributed by atoms with van der Waals surface area (Å²) in [7, 11) is 0. The summed E-state index contributed by atoms with van der Waals surface area (Å²) in [5.41, 5.74) is 5.64. The third-order valence-corrected chi connectivity index (χ3v) is 7.05. The molecule has 9 heteroatoms. The van der Waals surface area contributed by atoms with Gasteiger partial charge in [0.25, 0.3) is 0 Å². The first-order chi connectivity index (χ1) is 19.5. The molecule has 2 aliphatic rings. The summed E-state index contributed by atoms with van der Waals surface area (Å²) in [5, 5.41) is 2.80. The van der Waals surface area contributed by atoms with Crippen LogP contribution in [0.3, 0.4) is 0 Å². The van der Waals surface area contributed by atoms with Crippen LogP contribution in [0.4, 0.5) is 11.5 Å². The van der Waals surface area contributed by atoms with Crippen LogP contribution in [0.25, 0.3) is 16.8 Å². The largest absolute Gasteiger partial charge is 0.378 e. The first kappa shape index (κ1) is 27.2. The molecular formula is C31H34N6O3. The summed E-state index contributed by atoms with van der Waals surface area (Å²) in [6.07, 6.45) is 10.0. The van der Waals surface area contributed by atoms with E-state index < -0.39 is 0 Å². The fourth-order valence-electron chi connectivity index (χ4n) is 4.81. The van der Waals surface area contributed by atoms with Crippen LogP contribution in [-0.4, -0.2) is 71.1 Å². The number of rotatable bonds is 7. The van der Waals surface area contributed by atoms with E-state index >= 15 is 0 Å². The maximum absolute atomic E-state index is 13.1. The third-order valence-electron chi connectivity index (χ3n) is 7.05. The SMILES string of the molecule is C/C=C/C(=O)Nc1ccc(CC(=O)N2CC=C(c3cc(-c4cnc(C)nc4)nc(N4CCOCC4)c3)CC2)cc1. The fourth-order valence-corrected chi connectivity index (χ4v) is 4.81. The fraction of sp³-hybridized carbons (Fsp3) is 0.323. The molecule has 0 bridgehead atoms. The van der Waals surface area contributed by atoms with E-state index in [1.807, 2.05) is 48.5 Å². The predicted octanol–water partition coefficient (Wildman–Crippen LogP) is 4.06. The van der Waals surface area contributed by atoms with Crippen LogP contribution < -0.4 is 10.2 Å². The summed E-state index contributed by atoms with van der Waals surface area (Å²) in [6.45, 7) is 7.84. The lowest BCUT2D eigenvalue weighted by atomic mass is 9.98. The van der Waals surface area contributed by atoms with E-state index in [0.717, 1.165) is 53.5 Å². The number of amides is 2. The van der Waals surface area contributed by atoms with E-state index in [2.05, 4.69) is 38.4 Å². The number of hydrogen-bond acceptors (Lipinski definition) is 7. The van der Waals surface area contributed by atoms with Crippen LogP contribution >= 0.6 is 0 Å². The van der Waals surface area contributed by atoms with Gasteiger partial charge in [-0.25, -0.2) is 15.0 Å². The highest BCUT2D eigenvalue weighted by molar-refractivity contribution is 5.99. The van der Waals surface area contributed by atoms with E-state index in [4.69, 9.17) is 9.72 Å². The van der Waals surface area contributed by atoms with Crippen molar-refractivity contribution in [2.45, 2.75) is 26.7 Å². The molecule has 40 heavy (non-hydrogen) atoms. The van der Waals surface area contributed by atoms with Crippen LogP contribution in [0, 0.1) is 6.92 Å². The molecule has 0 unspecified atom stereocenters. The normalized spacial score (nSPS) is 15.7. The molecule has 5 rings (SSSR count). The highest BCUT2D eigenvalue weighted by atomic mass is 16.5. The molecule has 2 amide bonds. The van der Waals surface area contributed by atoms with Gasteiger partial charge in [0, 0.05) is 49.8 Å². The quantitative estimate of drug-likeness (QED) is 0.453. The van der Waals surface area contributed by atoms with E-state index in [1.54, 1.807) is 13.0 Å². The number of anilines is 2. The summed E-state index contributed by atoms with van der Waals surface area (Å²) in [5.74, 6) is 1.55. The highest BCUT2D eigenvalue weighted by Gasteiger charge is 2.21. The van der Waals surface area contributed by atoms with Gasteiger partial charge in [0.15, 0.2) is 0 Å². The molecule has 1 N–H and O–H groups in total. The van der Waals surface area contributed by atoms with Crippen molar-refractivity contribution in [3.05, 3.63) is 84.0 Å². The molecule has 2 aromatic heterocycles. The van der Waals surface area contributed by atoms with Crippen molar-refractivity contribution in [2.24, 2.45) is 0 Å². The standard InChI is InChI=1S/C31H34N6O3/c1-3-4-30(38)34-27-7-5-23(6-8-27)17-31(39)37-11-9-24(10-12-37)25-18-28(26-20-32-22(2)33-21-26)35-29(19-25)36-13-15-40-16-14-36/h3-9,18-21H,10-17H2,1-2H3,(H,34,38)/b4-3+. The van der Waals surface area contributed by atoms with Gasteiger partial charge in [0.2, 0.25) is 11.8 Å². The Morgan fingerprint density at radius 2 is 1.77 bits per heavy atom. The van der Waals surface area contributed by atoms with Crippen molar-refractivity contribution in [2.75, 3.05) is 49.6 Å². The third kappa shape index (κ3) is 6.79. The van der Waals surface area contributed by atoms with Gasteiger partial charge in [-0.3, -0.25) is 9.59 Å². The highest BCUT2D eigenvalue weighted by Crippen LogP contribution is 2.30. The zero-order valence-electron chi connectivity index (χ0n) is 23.0. The number of benzene rings is 1. The average molecular weight is 539 g/mol. The van der Waals surface area contributed by atoms with Gasteiger partial charge in [-0.1, -0.05) is 24.3 Å². The second-order valence-electron chi connectivity index (χ2n) is 9.90. The van der Waals surface area contributed by atoms with Crippen LogP contribution in [0.5, 0.6) is 0 Å². The molecule has 0 saturated carbocycles. The number of ether oxygens (including phenoxy) is 1. The minimum atomic E-state index is -0.173. The van der Waals surface area contributed by atoms with Gasteiger partial charge in [-0.05, 0) is 67.3 Å². The van der Waals surface area contributed by atoms with Gasteiger partial charge in [-0.15, -0.1) is 0 Å². The lowest BCUT2D eigenvalue weighted by Gasteiger charge is -2.30. The smallest absolute Gasteiger partial charge is 0.248 e.